The van der Waals surface area contributed by atoms with Crippen LogP contribution in [0.15, 0.2) is 5.16 Å². The van der Waals surface area contributed by atoms with Gasteiger partial charge in [-0.25, -0.2) is 13.5 Å². The Bertz CT molecular complexity index is 362. The van der Waals surface area contributed by atoms with Crippen LogP contribution in [0.1, 0.15) is 0 Å². The molecule has 6 nitrogen and oxygen atoms in total. The number of nitrogens with one attached hydrogen (secondary N) is 1. The molecule has 0 spiro atoms. The van der Waals surface area contributed by atoms with E-state index < -0.39 is 22.2 Å². The van der Waals surface area contributed by atoms with Crippen LogP contribution in [-0.4, -0.2) is 41.1 Å². The third-order valence-corrected chi connectivity index (χ3v) is 2.75. The quantitative estimate of drug-likeness (QED) is 0.761. The number of hydrogen-bond acceptors (Lipinski definition) is 5. The SMILES string of the molecule is Cl.O=S(=O)(CCO)c1nc(Cl)n[nH]1. The summed E-state index contributed by atoms with van der Waals surface area (Å²) in [5, 5.41) is 13.4. The zero-order chi connectivity index (χ0) is 9.19. The van der Waals surface area contributed by atoms with Gasteiger partial charge in [0.2, 0.25) is 20.3 Å². The Hall–Kier alpha value is -0.370. The summed E-state index contributed by atoms with van der Waals surface area (Å²) in [7, 11) is -3.55. The Morgan fingerprint density at radius 2 is 2.15 bits per heavy atom. The molecule has 0 fully saturated rings. The van der Waals surface area contributed by atoms with Crippen molar-refractivity contribution in [1.82, 2.24) is 15.2 Å². The number of hydrogen-bond donors (Lipinski definition) is 2. The van der Waals surface area contributed by atoms with E-state index in [1.165, 1.54) is 0 Å². The molecule has 0 saturated carbocycles. The Kier molecular flexibility index (Phi) is 4.62. The fraction of sp³-hybridized carbons (Fsp3) is 0.500. The molecule has 1 aromatic heterocycles. The second-order valence-electron chi connectivity index (χ2n) is 1.95. The lowest BCUT2D eigenvalue weighted by molar-refractivity contribution is 0.319. The summed E-state index contributed by atoms with van der Waals surface area (Å²) in [6.07, 6.45) is 0. The van der Waals surface area contributed by atoms with Crippen LogP contribution in [0, 0.1) is 0 Å². The van der Waals surface area contributed by atoms with Gasteiger partial charge in [0.05, 0.1) is 12.4 Å². The maximum absolute atomic E-state index is 11.1. The predicted molar refractivity (Wildman–Crippen MR) is 47.8 cm³/mol. The van der Waals surface area contributed by atoms with Crippen molar-refractivity contribution in [1.29, 1.82) is 0 Å². The zero-order valence-corrected chi connectivity index (χ0v) is 8.66. The van der Waals surface area contributed by atoms with Crippen molar-refractivity contribution in [2.75, 3.05) is 12.4 Å². The van der Waals surface area contributed by atoms with E-state index in [9.17, 15) is 8.42 Å². The highest BCUT2D eigenvalue weighted by Crippen LogP contribution is 2.06. The molecule has 13 heavy (non-hydrogen) atoms. The first-order valence-electron chi connectivity index (χ1n) is 2.98. The maximum Gasteiger partial charge on any atom is 0.244 e. The second kappa shape index (κ2) is 4.75. The summed E-state index contributed by atoms with van der Waals surface area (Å²) < 4.78 is 22.2. The summed E-state index contributed by atoms with van der Waals surface area (Å²) in [5.41, 5.74) is 0. The number of aromatic nitrogens is 3. The third-order valence-electron chi connectivity index (χ3n) is 1.09. The molecular weight excluding hydrogens is 241 g/mol. The van der Waals surface area contributed by atoms with Gasteiger partial charge in [0.15, 0.2) is 0 Å². The topological polar surface area (TPSA) is 95.9 Å². The molecular formula is C4H7Cl2N3O3S. The van der Waals surface area contributed by atoms with Crippen LogP contribution in [0.4, 0.5) is 0 Å². The molecule has 0 bridgehead atoms. The molecule has 0 aromatic carbocycles. The van der Waals surface area contributed by atoms with Crippen molar-refractivity contribution < 1.29 is 13.5 Å². The molecule has 0 atom stereocenters. The molecule has 76 valence electrons. The molecule has 1 aromatic rings. The standard InChI is InChI=1S/C4H6ClN3O3S.ClH/c5-3-6-4(8-7-3)12(10,11)2-1-9;/h9H,1-2H2,(H,6,7,8);1H. The van der Waals surface area contributed by atoms with Crippen LogP contribution >= 0.6 is 24.0 Å². The van der Waals surface area contributed by atoms with Crippen molar-refractivity contribution in [3.8, 4) is 0 Å². The van der Waals surface area contributed by atoms with Gasteiger partial charge in [-0.15, -0.1) is 17.5 Å². The molecule has 1 rings (SSSR count). The van der Waals surface area contributed by atoms with Gasteiger partial charge in [0.25, 0.3) is 0 Å². The van der Waals surface area contributed by atoms with Crippen LogP contribution < -0.4 is 0 Å². The van der Waals surface area contributed by atoms with Crippen LogP contribution in [0.2, 0.25) is 5.28 Å². The van der Waals surface area contributed by atoms with Gasteiger partial charge in [0, 0.05) is 0 Å². The first-order valence-corrected chi connectivity index (χ1v) is 5.01. The fourth-order valence-corrected chi connectivity index (χ4v) is 1.60. The van der Waals surface area contributed by atoms with Crippen LogP contribution in [0.3, 0.4) is 0 Å². The van der Waals surface area contributed by atoms with Gasteiger partial charge in [0.1, 0.15) is 0 Å². The Balaban J connectivity index is 0.00000144. The number of rotatable bonds is 3. The van der Waals surface area contributed by atoms with E-state index in [0.717, 1.165) is 0 Å². The summed E-state index contributed by atoms with van der Waals surface area (Å²) in [5.74, 6) is -0.390. The van der Waals surface area contributed by atoms with Gasteiger partial charge in [-0.3, -0.25) is 0 Å². The minimum atomic E-state index is -3.55. The lowest BCUT2D eigenvalue weighted by Gasteiger charge is -1.94. The van der Waals surface area contributed by atoms with E-state index in [0.29, 0.717) is 0 Å². The molecule has 0 aliphatic rings. The monoisotopic (exact) mass is 247 g/mol. The van der Waals surface area contributed by atoms with E-state index >= 15 is 0 Å². The zero-order valence-electron chi connectivity index (χ0n) is 6.27. The summed E-state index contributed by atoms with van der Waals surface area (Å²) in [6.45, 7) is -0.458. The normalized spacial score (nSPS) is 10.9. The maximum atomic E-state index is 11.1. The first kappa shape index (κ1) is 12.6. The number of halogens is 2. The average Bonchev–Trinajstić information content (AvgIpc) is 2.36. The number of aliphatic hydroxyl groups is 1. The van der Waals surface area contributed by atoms with Crippen LogP contribution in [-0.2, 0) is 9.84 Å². The lowest BCUT2D eigenvalue weighted by atomic mass is 10.9. The van der Waals surface area contributed by atoms with E-state index in [1.807, 2.05) is 0 Å². The van der Waals surface area contributed by atoms with Crippen molar-refractivity contribution in [2.45, 2.75) is 5.16 Å². The number of H-pyrrole nitrogens is 1. The average molecular weight is 248 g/mol. The molecule has 0 aliphatic heterocycles. The van der Waals surface area contributed by atoms with E-state index in [1.54, 1.807) is 0 Å². The number of aromatic amines is 1. The molecule has 0 aliphatic carbocycles. The van der Waals surface area contributed by atoms with Crippen molar-refractivity contribution in [3.63, 3.8) is 0 Å². The van der Waals surface area contributed by atoms with E-state index in [4.69, 9.17) is 16.7 Å². The molecule has 9 heteroatoms. The molecule has 2 N–H and O–H groups in total. The Morgan fingerprint density at radius 1 is 1.54 bits per heavy atom. The number of aliphatic hydroxyl groups excluding tert-OH is 1. The van der Waals surface area contributed by atoms with Gasteiger partial charge in [-0.2, -0.15) is 4.98 Å². The summed E-state index contributed by atoms with van der Waals surface area (Å²) in [4.78, 5) is 3.40. The Labute approximate surface area is 85.7 Å². The van der Waals surface area contributed by atoms with Gasteiger partial charge in [-0.1, -0.05) is 0 Å². The van der Waals surface area contributed by atoms with Crippen LogP contribution in [0.25, 0.3) is 0 Å². The van der Waals surface area contributed by atoms with Crippen LogP contribution in [0.5, 0.6) is 0 Å². The molecule has 1 heterocycles. The Morgan fingerprint density at radius 3 is 2.54 bits per heavy atom. The highest BCUT2D eigenvalue weighted by Gasteiger charge is 2.17. The summed E-state index contributed by atoms with van der Waals surface area (Å²) in [6, 6.07) is 0. The second-order valence-corrected chi connectivity index (χ2v) is 4.31. The molecule has 0 saturated heterocycles. The number of nitrogens with zero attached hydrogens (tertiary/aromatic N) is 2. The first-order chi connectivity index (χ1) is 5.56. The molecule has 0 radical (unpaired) electrons. The van der Waals surface area contributed by atoms with E-state index in [-0.39, 0.29) is 22.8 Å². The summed E-state index contributed by atoms with van der Waals surface area (Å²) >= 11 is 5.29. The lowest BCUT2D eigenvalue weighted by Crippen LogP contribution is -2.11. The largest absolute Gasteiger partial charge is 0.395 e. The predicted octanol–water partition coefficient (Wildman–Crippen LogP) is -0.354. The van der Waals surface area contributed by atoms with Crippen molar-refractivity contribution in [2.24, 2.45) is 0 Å². The van der Waals surface area contributed by atoms with E-state index in [2.05, 4.69) is 15.2 Å². The highest BCUT2D eigenvalue weighted by atomic mass is 35.5. The minimum Gasteiger partial charge on any atom is -0.395 e. The highest BCUT2D eigenvalue weighted by molar-refractivity contribution is 7.91. The van der Waals surface area contributed by atoms with Gasteiger partial charge in [-0.05, 0) is 11.6 Å². The smallest absolute Gasteiger partial charge is 0.244 e. The number of sulfone groups is 1. The molecule has 0 unspecified atom stereocenters. The van der Waals surface area contributed by atoms with Crippen molar-refractivity contribution in [3.05, 3.63) is 5.28 Å². The van der Waals surface area contributed by atoms with Crippen molar-refractivity contribution >= 4 is 33.8 Å². The van der Waals surface area contributed by atoms with Gasteiger partial charge >= 0.3 is 0 Å². The third kappa shape index (κ3) is 3.11. The van der Waals surface area contributed by atoms with Gasteiger partial charge < -0.3 is 5.11 Å². The molecule has 0 amide bonds. The fourth-order valence-electron chi connectivity index (χ4n) is 0.584. The minimum absolute atomic E-state index is 0.